The lowest BCUT2D eigenvalue weighted by Crippen LogP contribution is -2.46. The lowest BCUT2D eigenvalue weighted by Gasteiger charge is -2.24. The van der Waals surface area contributed by atoms with Gasteiger partial charge in [0, 0.05) is 25.9 Å². The first-order chi connectivity index (χ1) is 13.5. The zero-order valence-corrected chi connectivity index (χ0v) is 17.3. The van der Waals surface area contributed by atoms with Crippen LogP contribution in [0.5, 0.6) is 0 Å². The van der Waals surface area contributed by atoms with Gasteiger partial charge in [0.05, 0.1) is 6.04 Å². The summed E-state index contributed by atoms with van der Waals surface area (Å²) in [7, 11) is 0. The smallest absolute Gasteiger partial charge is 0.303 e. The summed E-state index contributed by atoms with van der Waals surface area (Å²) < 4.78 is 0. The van der Waals surface area contributed by atoms with E-state index in [1.54, 1.807) is 0 Å². The molecule has 1 heterocycles. The van der Waals surface area contributed by atoms with Crippen molar-refractivity contribution in [2.75, 3.05) is 19.6 Å². The number of nitrogens with one attached hydrogen (secondary N) is 1. The highest BCUT2D eigenvalue weighted by molar-refractivity contribution is 5.83. The van der Waals surface area contributed by atoms with Gasteiger partial charge in [-0.2, -0.15) is 0 Å². The molecule has 0 saturated carbocycles. The standard InChI is InChI=1S/C21H39N3O4/c22-19(25)14-13-18(21(28)24-16-10-11-17-24)23-15-9-7-5-3-1-2-4-6-8-12-20(26)27/h18,23H,1-17H2,(H2,22,25)(H,26,27)/t18-/m0/s1. The molecule has 1 atom stereocenters. The van der Waals surface area contributed by atoms with Gasteiger partial charge in [-0.1, -0.05) is 44.9 Å². The third-order valence-electron chi connectivity index (χ3n) is 5.35. The van der Waals surface area contributed by atoms with Crippen molar-refractivity contribution in [2.45, 2.75) is 95.9 Å². The normalized spacial score (nSPS) is 14.9. The minimum atomic E-state index is -0.701. The average molecular weight is 398 g/mol. The predicted molar refractivity (Wildman–Crippen MR) is 110 cm³/mol. The van der Waals surface area contributed by atoms with E-state index >= 15 is 0 Å². The number of nitrogens with zero attached hydrogens (tertiary/aromatic N) is 1. The molecule has 0 aliphatic carbocycles. The van der Waals surface area contributed by atoms with E-state index in [9.17, 15) is 14.4 Å². The molecular formula is C21H39N3O4. The zero-order chi connectivity index (χ0) is 20.6. The molecule has 0 radical (unpaired) electrons. The average Bonchev–Trinajstić information content (AvgIpc) is 3.18. The molecule has 1 saturated heterocycles. The summed E-state index contributed by atoms with van der Waals surface area (Å²) >= 11 is 0. The number of carbonyl (C=O) groups excluding carboxylic acids is 2. The van der Waals surface area contributed by atoms with Crippen LogP contribution >= 0.6 is 0 Å². The third kappa shape index (κ3) is 12.0. The number of hydrogen-bond donors (Lipinski definition) is 3. The second kappa shape index (κ2) is 15.3. The van der Waals surface area contributed by atoms with Crippen molar-refractivity contribution in [1.29, 1.82) is 0 Å². The van der Waals surface area contributed by atoms with E-state index in [1.165, 1.54) is 25.7 Å². The Morgan fingerprint density at radius 3 is 1.93 bits per heavy atom. The Hall–Kier alpha value is -1.63. The Bertz CT molecular complexity index is 465. The lowest BCUT2D eigenvalue weighted by atomic mass is 10.1. The highest BCUT2D eigenvalue weighted by atomic mass is 16.4. The van der Waals surface area contributed by atoms with Crippen molar-refractivity contribution < 1.29 is 19.5 Å². The lowest BCUT2D eigenvalue weighted by molar-refractivity contribution is -0.137. The van der Waals surface area contributed by atoms with Crippen LogP contribution in [0.25, 0.3) is 0 Å². The van der Waals surface area contributed by atoms with Crippen molar-refractivity contribution in [3.05, 3.63) is 0 Å². The number of rotatable bonds is 17. The van der Waals surface area contributed by atoms with Crippen LogP contribution in [0.1, 0.15) is 89.9 Å². The summed E-state index contributed by atoms with van der Waals surface area (Å²) in [5, 5.41) is 11.9. The van der Waals surface area contributed by atoms with E-state index in [1.807, 2.05) is 4.90 Å². The van der Waals surface area contributed by atoms with Crippen molar-refractivity contribution in [3.63, 3.8) is 0 Å². The van der Waals surface area contributed by atoms with Gasteiger partial charge in [0.15, 0.2) is 0 Å². The van der Waals surface area contributed by atoms with Crippen LogP contribution in [-0.2, 0) is 14.4 Å². The Kier molecular flexibility index (Phi) is 13.3. The first-order valence-corrected chi connectivity index (χ1v) is 11.0. The maximum absolute atomic E-state index is 12.6. The van der Waals surface area contributed by atoms with Crippen LogP contribution in [0.4, 0.5) is 0 Å². The summed E-state index contributed by atoms with van der Waals surface area (Å²) in [6.45, 7) is 2.44. The molecule has 7 nitrogen and oxygen atoms in total. The Labute approximate surface area is 169 Å². The van der Waals surface area contributed by atoms with Gasteiger partial charge in [-0.05, 0) is 38.6 Å². The van der Waals surface area contributed by atoms with E-state index < -0.39 is 5.97 Å². The molecule has 0 unspecified atom stereocenters. The third-order valence-corrected chi connectivity index (χ3v) is 5.35. The van der Waals surface area contributed by atoms with Gasteiger partial charge in [-0.25, -0.2) is 0 Å². The molecule has 0 spiro atoms. The van der Waals surface area contributed by atoms with Crippen LogP contribution in [0, 0.1) is 0 Å². The summed E-state index contributed by atoms with van der Waals surface area (Å²) in [4.78, 5) is 36.0. The summed E-state index contributed by atoms with van der Waals surface area (Å²) in [5.74, 6) is -0.946. The number of unbranched alkanes of at least 4 members (excludes halogenated alkanes) is 8. The monoisotopic (exact) mass is 397 g/mol. The molecule has 1 rings (SSSR count). The second-order valence-corrected chi connectivity index (χ2v) is 7.87. The van der Waals surface area contributed by atoms with Crippen molar-refractivity contribution in [2.24, 2.45) is 5.73 Å². The number of nitrogens with two attached hydrogens (primary N) is 1. The molecule has 7 heteroatoms. The Morgan fingerprint density at radius 1 is 0.857 bits per heavy atom. The fraction of sp³-hybridized carbons (Fsp3) is 0.857. The summed E-state index contributed by atoms with van der Waals surface area (Å²) in [5.41, 5.74) is 5.25. The molecule has 28 heavy (non-hydrogen) atoms. The van der Waals surface area contributed by atoms with Crippen LogP contribution in [-0.4, -0.2) is 53.5 Å². The maximum Gasteiger partial charge on any atom is 0.303 e. The van der Waals surface area contributed by atoms with E-state index in [4.69, 9.17) is 10.8 Å². The van der Waals surface area contributed by atoms with E-state index in [0.717, 1.165) is 64.6 Å². The first-order valence-electron chi connectivity index (χ1n) is 11.0. The Morgan fingerprint density at radius 2 is 1.39 bits per heavy atom. The maximum atomic E-state index is 12.6. The van der Waals surface area contributed by atoms with Crippen molar-refractivity contribution in [3.8, 4) is 0 Å². The Balaban J connectivity index is 2.06. The van der Waals surface area contributed by atoms with Gasteiger partial charge in [-0.3, -0.25) is 14.4 Å². The molecule has 162 valence electrons. The van der Waals surface area contributed by atoms with Gasteiger partial charge in [-0.15, -0.1) is 0 Å². The fourth-order valence-corrected chi connectivity index (χ4v) is 3.67. The molecular weight excluding hydrogens is 358 g/mol. The highest BCUT2D eigenvalue weighted by Gasteiger charge is 2.26. The van der Waals surface area contributed by atoms with Crippen LogP contribution in [0.15, 0.2) is 0 Å². The highest BCUT2D eigenvalue weighted by Crippen LogP contribution is 2.13. The number of amides is 2. The van der Waals surface area contributed by atoms with Gasteiger partial charge >= 0.3 is 5.97 Å². The molecule has 2 amide bonds. The molecule has 0 aromatic carbocycles. The van der Waals surface area contributed by atoms with Crippen LogP contribution < -0.4 is 11.1 Å². The van der Waals surface area contributed by atoms with Crippen LogP contribution in [0.2, 0.25) is 0 Å². The van der Waals surface area contributed by atoms with Crippen molar-refractivity contribution >= 4 is 17.8 Å². The van der Waals surface area contributed by atoms with Gasteiger partial charge in [0.1, 0.15) is 0 Å². The SMILES string of the molecule is NC(=O)CC[C@H](NCCCCCCCCCCCC(=O)O)C(=O)N1CCCC1. The number of carboxylic acid groups (broad SMARTS) is 1. The number of likely N-dealkylation sites (tertiary alicyclic amines) is 1. The van der Waals surface area contributed by atoms with Gasteiger partial charge < -0.3 is 21.1 Å². The quantitative estimate of drug-likeness (QED) is 0.327. The molecule has 4 N–H and O–H groups in total. The number of carbonyl (C=O) groups is 3. The van der Waals surface area contributed by atoms with Crippen molar-refractivity contribution in [1.82, 2.24) is 10.2 Å². The zero-order valence-electron chi connectivity index (χ0n) is 17.3. The molecule has 1 aliphatic heterocycles. The number of hydrogen-bond acceptors (Lipinski definition) is 4. The predicted octanol–water partition coefficient (Wildman–Crippen LogP) is 2.82. The second-order valence-electron chi connectivity index (χ2n) is 7.87. The first kappa shape index (κ1) is 24.4. The van der Waals surface area contributed by atoms with E-state index in [-0.39, 0.29) is 30.7 Å². The van der Waals surface area contributed by atoms with Crippen LogP contribution in [0.3, 0.4) is 0 Å². The summed E-state index contributed by atoms with van der Waals surface area (Å²) in [6, 6.07) is -0.295. The topological polar surface area (TPSA) is 113 Å². The van der Waals surface area contributed by atoms with Gasteiger partial charge in [0.2, 0.25) is 11.8 Å². The van der Waals surface area contributed by atoms with E-state index in [2.05, 4.69) is 5.32 Å². The summed E-state index contributed by atoms with van der Waals surface area (Å²) in [6.07, 6.45) is 13.0. The molecule has 1 fully saturated rings. The number of primary amides is 1. The molecule has 0 bridgehead atoms. The number of carboxylic acids is 1. The fourth-order valence-electron chi connectivity index (χ4n) is 3.67. The molecule has 0 aromatic heterocycles. The van der Waals surface area contributed by atoms with E-state index in [0.29, 0.717) is 6.42 Å². The molecule has 1 aliphatic rings. The largest absolute Gasteiger partial charge is 0.481 e. The number of aliphatic carboxylic acids is 1. The minimum absolute atomic E-state index is 0.113. The van der Waals surface area contributed by atoms with Gasteiger partial charge in [0.25, 0.3) is 0 Å². The molecule has 0 aromatic rings. The minimum Gasteiger partial charge on any atom is -0.481 e.